The Bertz CT molecular complexity index is 635. The summed E-state index contributed by atoms with van der Waals surface area (Å²) in [5, 5.41) is 3.62. The van der Waals surface area contributed by atoms with Crippen LogP contribution in [-0.2, 0) is 22.6 Å². The van der Waals surface area contributed by atoms with Crippen LogP contribution in [0.2, 0.25) is 0 Å². The fourth-order valence-corrected chi connectivity index (χ4v) is 3.26. The molecule has 2 aliphatic heterocycles. The van der Waals surface area contributed by atoms with Gasteiger partial charge in [-0.1, -0.05) is 30.3 Å². The topological polar surface area (TPSA) is 48.3 Å². The lowest BCUT2D eigenvalue weighted by atomic mass is 10.1. The molecule has 1 atom stereocenters. The minimum Gasteiger partial charge on any atom is -0.381 e. The largest absolute Gasteiger partial charge is 0.381 e. The van der Waals surface area contributed by atoms with Gasteiger partial charge in [-0.2, -0.15) is 0 Å². The van der Waals surface area contributed by atoms with Crippen LogP contribution in [0.4, 0.5) is 0 Å². The summed E-state index contributed by atoms with van der Waals surface area (Å²) in [7, 11) is 0. The predicted molar refractivity (Wildman–Crippen MR) is 88.1 cm³/mol. The molecule has 3 heterocycles. The van der Waals surface area contributed by atoms with Crippen molar-refractivity contribution in [3.63, 3.8) is 0 Å². The molecule has 0 bridgehead atoms. The Kier molecular flexibility index (Phi) is 4.41. The van der Waals surface area contributed by atoms with Gasteiger partial charge in [-0.25, -0.2) is 4.98 Å². The van der Waals surface area contributed by atoms with E-state index in [0.717, 1.165) is 56.2 Å². The van der Waals surface area contributed by atoms with Crippen LogP contribution in [0.25, 0.3) is 11.3 Å². The highest BCUT2D eigenvalue weighted by Crippen LogP contribution is 2.22. The molecule has 1 saturated heterocycles. The Hall–Kier alpha value is -1.69. The Balaban J connectivity index is 1.38. The van der Waals surface area contributed by atoms with E-state index in [1.807, 2.05) is 18.2 Å². The van der Waals surface area contributed by atoms with E-state index in [1.165, 1.54) is 0 Å². The number of ether oxygens (including phenoxy) is 2. The van der Waals surface area contributed by atoms with Crippen molar-refractivity contribution in [2.45, 2.75) is 38.1 Å². The molecule has 1 aromatic carbocycles. The minimum absolute atomic E-state index is 0.211. The van der Waals surface area contributed by atoms with Gasteiger partial charge in [-0.15, -0.1) is 0 Å². The van der Waals surface area contributed by atoms with Crippen LogP contribution in [0, 0.1) is 0 Å². The standard InChI is InChI=1S/C18H23N3O2/c1-2-4-14(5-3-1)17-12-21-11-16(23-13-18(21)20-17)10-19-15-6-8-22-9-7-15/h1-5,12,15-16,19H,6-11,13H2/t16-/m0/s1. The molecule has 23 heavy (non-hydrogen) atoms. The van der Waals surface area contributed by atoms with Crippen LogP contribution < -0.4 is 5.32 Å². The highest BCUT2D eigenvalue weighted by molar-refractivity contribution is 5.58. The van der Waals surface area contributed by atoms with Gasteiger partial charge >= 0.3 is 0 Å². The van der Waals surface area contributed by atoms with Gasteiger partial charge in [-0.05, 0) is 12.8 Å². The Morgan fingerprint density at radius 3 is 2.83 bits per heavy atom. The number of imidazole rings is 1. The zero-order chi connectivity index (χ0) is 15.5. The van der Waals surface area contributed by atoms with Crippen LogP contribution in [0.5, 0.6) is 0 Å². The summed E-state index contributed by atoms with van der Waals surface area (Å²) in [5.74, 6) is 1.02. The van der Waals surface area contributed by atoms with E-state index in [9.17, 15) is 0 Å². The van der Waals surface area contributed by atoms with E-state index in [2.05, 4.69) is 28.2 Å². The lowest BCUT2D eigenvalue weighted by Crippen LogP contribution is -2.42. The molecule has 1 aromatic heterocycles. The summed E-state index contributed by atoms with van der Waals surface area (Å²) in [5.41, 5.74) is 2.19. The van der Waals surface area contributed by atoms with Crippen molar-refractivity contribution in [1.29, 1.82) is 0 Å². The van der Waals surface area contributed by atoms with Crippen molar-refractivity contribution < 1.29 is 9.47 Å². The number of benzene rings is 1. The van der Waals surface area contributed by atoms with E-state index >= 15 is 0 Å². The molecule has 0 amide bonds. The molecular formula is C18H23N3O2. The number of hydrogen-bond acceptors (Lipinski definition) is 4. The van der Waals surface area contributed by atoms with Crippen LogP contribution in [0.1, 0.15) is 18.7 Å². The average molecular weight is 313 g/mol. The fourth-order valence-electron chi connectivity index (χ4n) is 3.26. The maximum Gasteiger partial charge on any atom is 0.135 e. The first kappa shape index (κ1) is 14.9. The molecule has 122 valence electrons. The first-order valence-corrected chi connectivity index (χ1v) is 8.43. The molecule has 2 aliphatic rings. The highest BCUT2D eigenvalue weighted by atomic mass is 16.5. The molecule has 5 heteroatoms. The number of nitrogens with zero attached hydrogens (tertiary/aromatic N) is 2. The maximum absolute atomic E-state index is 5.97. The van der Waals surface area contributed by atoms with Gasteiger partial charge in [0.25, 0.3) is 0 Å². The van der Waals surface area contributed by atoms with Gasteiger partial charge in [0.05, 0.1) is 18.3 Å². The second kappa shape index (κ2) is 6.83. The number of aromatic nitrogens is 2. The van der Waals surface area contributed by atoms with Crippen molar-refractivity contribution in [3.8, 4) is 11.3 Å². The van der Waals surface area contributed by atoms with Crippen LogP contribution >= 0.6 is 0 Å². The highest BCUT2D eigenvalue weighted by Gasteiger charge is 2.22. The Morgan fingerprint density at radius 1 is 1.17 bits per heavy atom. The van der Waals surface area contributed by atoms with Gasteiger partial charge < -0.3 is 19.4 Å². The van der Waals surface area contributed by atoms with Gasteiger partial charge in [0, 0.05) is 37.6 Å². The maximum atomic E-state index is 5.97. The van der Waals surface area contributed by atoms with E-state index in [-0.39, 0.29) is 6.10 Å². The van der Waals surface area contributed by atoms with Crippen LogP contribution in [0.3, 0.4) is 0 Å². The number of rotatable bonds is 4. The zero-order valence-corrected chi connectivity index (χ0v) is 13.3. The SMILES string of the molecule is c1ccc(-c2cn3c(n2)CO[C@@H](CNC2CCOCC2)C3)cc1. The molecule has 5 nitrogen and oxygen atoms in total. The number of fused-ring (bicyclic) bond motifs is 1. The molecule has 0 radical (unpaired) electrons. The number of nitrogens with one attached hydrogen (secondary N) is 1. The van der Waals surface area contributed by atoms with E-state index in [0.29, 0.717) is 12.6 Å². The van der Waals surface area contributed by atoms with Crippen molar-refractivity contribution in [2.24, 2.45) is 0 Å². The Labute approximate surface area is 136 Å². The molecule has 4 rings (SSSR count). The van der Waals surface area contributed by atoms with E-state index < -0.39 is 0 Å². The lowest BCUT2D eigenvalue weighted by molar-refractivity contribution is -0.00218. The van der Waals surface area contributed by atoms with E-state index in [1.54, 1.807) is 0 Å². The molecule has 2 aromatic rings. The smallest absolute Gasteiger partial charge is 0.135 e. The second-order valence-electron chi connectivity index (χ2n) is 6.29. The van der Waals surface area contributed by atoms with Gasteiger partial charge in [0.15, 0.2) is 0 Å². The minimum atomic E-state index is 0.211. The molecule has 1 N–H and O–H groups in total. The van der Waals surface area contributed by atoms with Crippen LogP contribution in [-0.4, -0.2) is 41.5 Å². The summed E-state index contributed by atoms with van der Waals surface area (Å²) in [6, 6.07) is 10.9. The van der Waals surface area contributed by atoms with E-state index in [4.69, 9.17) is 14.5 Å². The van der Waals surface area contributed by atoms with Gasteiger partial charge in [0.1, 0.15) is 12.4 Å². The van der Waals surface area contributed by atoms with Crippen molar-refractivity contribution >= 4 is 0 Å². The summed E-state index contributed by atoms with van der Waals surface area (Å²) in [6.45, 7) is 4.09. The molecule has 0 unspecified atom stereocenters. The third kappa shape index (κ3) is 3.47. The normalized spacial score (nSPS) is 22.0. The fraction of sp³-hybridized carbons (Fsp3) is 0.500. The molecule has 1 fully saturated rings. The van der Waals surface area contributed by atoms with Gasteiger partial charge in [0.2, 0.25) is 0 Å². The predicted octanol–water partition coefficient (Wildman–Crippen LogP) is 2.22. The zero-order valence-electron chi connectivity index (χ0n) is 13.3. The third-order valence-corrected chi connectivity index (χ3v) is 4.63. The first-order chi connectivity index (χ1) is 11.4. The molecule has 0 spiro atoms. The molecule has 0 aliphatic carbocycles. The molecule has 0 saturated carbocycles. The summed E-state index contributed by atoms with van der Waals surface area (Å²) >= 11 is 0. The van der Waals surface area contributed by atoms with Crippen molar-refractivity contribution in [2.75, 3.05) is 19.8 Å². The number of hydrogen-bond donors (Lipinski definition) is 1. The van der Waals surface area contributed by atoms with Gasteiger partial charge in [-0.3, -0.25) is 0 Å². The summed E-state index contributed by atoms with van der Waals surface area (Å²) < 4.78 is 13.6. The summed E-state index contributed by atoms with van der Waals surface area (Å²) in [4.78, 5) is 4.71. The monoisotopic (exact) mass is 313 g/mol. The Morgan fingerprint density at radius 2 is 2.00 bits per heavy atom. The summed E-state index contributed by atoms with van der Waals surface area (Å²) in [6.07, 6.45) is 4.56. The lowest BCUT2D eigenvalue weighted by Gasteiger charge is -2.28. The van der Waals surface area contributed by atoms with Crippen molar-refractivity contribution in [3.05, 3.63) is 42.4 Å². The first-order valence-electron chi connectivity index (χ1n) is 8.43. The quantitative estimate of drug-likeness (QED) is 0.940. The average Bonchev–Trinajstić information content (AvgIpc) is 3.05. The third-order valence-electron chi connectivity index (χ3n) is 4.63. The molecular weight excluding hydrogens is 290 g/mol. The van der Waals surface area contributed by atoms with Crippen LogP contribution in [0.15, 0.2) is 36.5 Å². The second-order valence-corrected chi connectivity index (χ2v) is 6.29. The van der Waals surface area contributed by atoms with Crippen molar-refractivity contribution in [1.82, 2.24) is 14.9 Å².